The molecule has 0 aliphatic rings. The summed E-state index contributed by atoms with van der Waals surface area (Å²) in [7, 11) is 0. The zero-order chi connectivity index (χ0) is 16.6. The quantitative estimate of drug-likeness (QED) is 0.697. The van der Waals surface area contributed by atoms with Gasteiger partial charge in [0.25, 0.3) is 0 Å². The van der Waals surface area contributed by atoms with Crippen LogP contribution in [0.4, 0.5) is 0 Å². The lowest BCUT2D eigenvalue weighted by atomic mass is 10.0. The summed E-state index contributed by atoms with van der Waals surface area (Å²) in [5.41, 5.74) is 3.65. The Balaban J connectivity index is 1.88. The molecule has 0 bridgehead atoms. The minimum absolute atomic E-state index is 0.0217. The van der Waals surface area contributed by atoms with Gasteiger partial charge < -0.3 is 5.11 Å². The first-order chi connectivity index (χ1) is 11.9. The van der Waals surface area contributed by atoms with Crippen molar-refractivity contribution in [3.8, 4) is 0 Å². The second kappa shape index (κ2) is 8.44. The van der Waals surface area contributed by atoms with Crippen molar-refractivity contribution in [2.24, 2.45) is 0 Å². The van der Waals surface area contributed by atoms with Gasteiger partial charge in [-0.25, -0.2) is 0 Å². The third-order valence-corrected chi connectivity index (χ3v) is 4.26. The van der Waals surface area contributed by atoms with E-state index >= 15 is 0 Å². The van der Waals surface area contributed by atoms with E-state index in [1.54, 1.807) is 0 Å². The van der Waals surface area contributed by atoms with Crippen LogP contribution in [0.2, 0.25) is 0 Å². The lowest BCUT2D eigenvalue weighted by Gasteiger charge is -2.31. The number of hydrogen-bond acceptors (Lipinski definition) is 2. The van der Waals surface area contributed by atoms with E-state index in [2.05, 4.69) is 65.6 Å². The van der Waals surface area contributed by atoms with Crippen molar-refractivity contribution in [2.45, 2.75) is 19.1 Å². The monoisotopic (exact) mass is 317 g/mol. The topological polar surface area (TPSA) is 23.5 Å². The summed E-state index contributed by atoms with van der Waals surface area (Å²) in [5.74, 6) is 0. The largest absolute Gasteiger partial charge is 0.394 e. The fourth-order valence-electron chi connectivity index (χ4n) is 3.02. The summed E-state index contributed by atoms with van der Waals surface area (Å²) in [6.45, 7) is 1.70. The smallest absolute Gasteiger partial charge is 0.0628 e. The second-order valence-electron chi connectivity index (χ2n) is 5.99. The molecule has 0 heterocycles. The van der Waals surface area contributed by atoms with Crippen molar-refractivity contribution < 1.29 is 5.11 Å². The Kier molecular flexibility index (Phi) is 5.78. The molecule has 0 fully saturated rings. The van der Waals surface area contributed by atoms with Gasteiger partial charge in [-0.3, -0.25) is 4.90 Å². The molecule has 3 rings (SSSR count). The van der Waals surface area contributed by atoms with Crippen LogP contribution < -0.4 is 0 Å². The van der Waals surface area contributed by atoms with Gasteiger partial charge in [-0.1, -0.05) is 91.0 Å². The van der Waals surface area contributed by atoms with Crippen LogP contribution in [0.25, 0.3) is 0 Å². The van der Waals surface area contributed by atoms with Crippen LogP contribution >= 0.6 is 0 Å². The SMILES string of the molecule is OCC(c1ccccc1)N(Cc1ccccc1)Cc1ccccc1. The molecule has 0 saturated carbocycles. The highest BCUT2D eigenvalue weighted by Gasteiger charge is 2.20. The first-order valence-corrected chi connectivity index (χ1v) is 8.34. The van der Waals surface area contributed by atoms with Gasteiger partial charge in [0.1, 0.15) is 0 Å². The molecule has 3 aromatic rings. The standard InChI is InChI=1S/C22H23NO/c24-18-22(21-14-8-3-9-15-21)23(16-19-10-4-1-5-11-19)17-20-12-6-2-7-13-20/h1-15,22,24H,16-18H2. The zero-order valence-electron chi connectivity index (χ0n) is 13.8. The maximum atomic E-state index is 10.1. The molecule has 2 heteroatoms. The number of aliphatic hydroxyl groups is 1. The summed E-state index contributed by atoms with van der Waals surface area (Å²) in [6, 6.07) is 31.1. The summed E-state index contributed by atoms with van der Waals surface area (Å²) in [5, 5.41) is 10.1. The van der Waals surface area contributed by atoms with Crippen molar-refractivity contribution in [1.29, 1.82) is 0 Å². The Morgan fingerprint density at radius 1 is 0.625 bits per heavy atom. The minimum atomic E-state index is -0.0217. The van der Waals surface area contributed by atoms with E-state index in [4.69, 9.17) is 0 Å². The molecular formula is C22H23NO. The number of aliphatic hydroxyl groups excluding tert-OH is 1. The molecule has 1 N–H and O–H groups in total. The van der Waals surface area contributed by atoms with Crippen molar-refractivity contribution in [3.05, 3.63) is 108 Å². The molecule has 0 aliphatic heterocycles. The van der Waals surface area contributed by atoms with E-state index < -0.39 is 0 Å². The van der Waals surface area contributed by atoms with E-state index in [1.807, 2.05) is 30.3 Å². The van der Waals surface area contributed by atoms with Gasteiger partial charge in [0.05, 0.1) is 12.6 Å². The van der Waals surface area contributed by atoms with Crippen molar-refractivity contribution >= 4 is 0 Å². The number of hydrogen-bond donors (Lipinski definition) is 1. The highest BCUT2D eigenvalue weighted by atomic mass is 16.3. The van der Waals surface area contributed by atoms with Crippen molar-refractivity contribution in [1.82, 2.24) is 4.90 Å². The lowest BCUT2D eigenvalue weighted by Crippen LogP contribution is -2.30. The fraction of sp³-hybridized carbons (Fsp3) is 0.182. The third kappa shape index (κ3) is 4.31. The van der Waals surface area contributed by atoms with Crippen LogP contribution in [0, 0.1) is 0 Å². The number of rotatable bonds is 7. The molecule has 0 saturated heterocycles. The Hall–Kier alpha value is -2.42. The van der Waals surface area contributed by atoms with E-state index in [0.29, 0.717) is 0 Å². The van der Waals surface area contributed by atoms with Gasteiger partial charge in [0.2, 0.25) is 0 Å². The predicted octanol–water partition coefficient (Wildman–Crippen LogP) is 4.42. The Labute approximate surface area is 144 Å². The molecule has 2 nitrogen and oxygen atoms in total. The van der Waals surface area contributed by atoms with Crippen molar-refractivity contribution in [3.63, 3.8) is 0 Å². The highest BCUT2D eigenvalue weighted by molar-refractivity contribution is 5.22. The predicted molar refractivity (Wildman–Crippen MR) is 98.4 cm³/mol. The Morgan fingerprint density at radius 2 is 1.04 bits per heavy atom. The number of benzene rings is 3. The third-order valence-electron chi connectivity index (χ3n) is 4.26. The van der Waals surface area contributed by atoms with Gasteiger partial charge in [-0.05, 0) is 16.7 Å². The molecule has 0 radical (unpaired) electrons. The maximum absolute atomic E-state index is 10.1. The van der Waals surface area contributed by atoms with E-state index in [0.717, 1.165) is 18.7 Å². The molecule has 122 valence electrons. The van der Waals surface area contributed by atoms with Crippen LogP contribution in [0.1, 0.15) is 22.7 Å². The van der Waals surface area contributed by atoms with Gasteiger partial charge in [0, 0.05) is 13.1 Å². The van der Waals surface area contributed by atoms with Crippen LogP contribution in [-0.4, -0.2) is 16.6 Å². The average Bonchev–Trinajstić information content (AvgIpc) is 2.65. The number of nitrogens with zero attached hydrogens (tertiary/aromatic N) is 1. The minimum Gasteiger partial charge on any atom is -0.394 e. The van der Waals surface area contributed by atoms with E-state index in [9.17, 15) is 5.11 Å². The Morgan fingerprint density at radius 3 is 1.46 bits per heavy atom. The molecule has 1 unspecified atom stereocenters. The molecule has 0 aliphatic carbocycles. The second-order valence-corrected chi connectivity index (χ2v) is 5.99. The Bertz CT molecular complexity index is 671. The lowest BCUT2D eigenvalue weighted by molar-refractivity contribution is 0.110. The molecule has 0 amide bonds. The van der Waals surface area contributed by atoms with Gasteiger partial charge in [0.15, 0.2) is 0 Å². The van der Waals surface area contributed by atoms with Gasteiger partial charge in [-0.15, -0.1) is 0 Å². The molecular weight excluding hydrogens is 294 g/mol. The van der Waals surface area contributed by atoms with Crippen LogP contribution in [-0.2, 0) is 13.1 Å². The van der Waals surface area contributed by atoms with Gasteiger partial charge >= 0.3 is 0 Å². The van der Waals surface area contributed by atoms with Crippen LogP contribution in [0.5, 0.6) is 0 Å². The van der Waals surface area contributed by atoms with Crippen LogP contribution in [0.3, 0.4) is 0 Å². The summed E-state index contributed by atoms with van der Waals surface area (Å²) >= 11 is 0. The van der Waals surface area contributed by atoms with Gasteiger partial charge in [-0.2, -0.15) is 0 Å². The normalized spacial score (nSPS) is 12.2. The average molecular weight is 317 g/mol. The maximum Gasteiger partial charge on any atom is 0.0628 e. The molecule has 1 atom stereocenters. The fourth-order valence-corrected chi connectivity index (χ4v) is 3.02. The molecule has 0 spiro atoms. The van der Waals surface area contributed by atoms with Crippen molar-refractivity contribution in [2.75, 3.05) is 6.61 Å². The van der Waals surface area contributed by atoms with E-state index in [1.165, 1.54) is 11.1 Å². The first-order valence-electron chi connectivity index (χ1n) is 8.34. The summed E-state index contributed by atoms with van der Waals surface area (Å²) < 4.78 is 0. The zero-order valence-corrected chi connectivity index (χ0v) is 13.8. The van der Waals surface area contributed by atoms with E-state index in [-0.39, 0.29) is 12.6 Å². The summed E-state index contributed by atoms with van der Waals surface area (Å²) in [4.78, 5) is 2.33. The first kappa shape index (κ1) is 16.4. The summed E-state index contributed by atoms with van der Waals surface area (Å²) in [6.07, 6.45) is 0. The molecule has 24 heavy (non-hydrogen) atoms. The molecule has 3 aromatic carbocycles. The highest BCUT2D eigenvalue weighted by Crippen LogP contribution is 2.24. The molecule has 0 aromatic heterocycles. The van der Waals surface area contributed by atoms with Crippen LogP contribution in [0.15, 0.2) is 91.0 Å².